The summed E-state index contributed by atoms with van der Waals surface area (Å²) in [4.78, 5) is 4.09. The van der Waals surface area contributed by atoms with Gasteiger partial charge in [-0.2, -0.15) is 0 Å². The summed E-state index contributed by atoms with van der Waals surface area (Å²) in [6.07, 6.45) is 3.91. The molecule has 0 bridgehead atoms. The summed E-state index contributed by atoms with van der Waals surface area (Å²) in [7, 11) is 0. The van der Waals surface area contributed by atoms with Gasteiger partial charge in [0.2, 0.25) is 0 Å². The minimum absolute atomic E-state index is 0.355. The summed E-state index contributed by atoms with van der Waals surface area (Å²) < 4.78 is 0. The Morgan fingerprint density at radius 2 is 2.62 bits per heavy atom. The molecule has 44 valence electrons. The maximum Gasteiger partial charge on any atom is 0.0658 e. The van der Waals surface area contributed by atoms with E-state index in [1.165, 1.54) is 0 Å². The van der Waals surface area contributed by atoms with Gasteiger partial charge >= 0.3 is 0 Å². The summed E-state index contributed by atoms with van der Waals surface area (Å²) >= 11 is 0. The lowest BCUT2D eigenvalue weighted by molar-refractivity contribution is 0.946. The van der Waals surface area contributed by atoms with Gasteiger partial charge in [0.05, 0.1) is 6.04 Å². The van der Waals surface area contributed by atoms with Gasteiger partial charge in [0.25, 0.3) is 0 Å². The molecule has 1 aliphatic rings. The van der Waals surface area contributed by atoms with Crippen molar-refractivity contribution in [3.8, 4) is 0 Å². The minimum atomic E-state index is 0.355. The maximum atomic E-state index is 5.34. The highest BCUT2D eigenvalue weighted by atomic mass is 14.8. The highest BCUT2D eigenvalue weighted by Crippen LogP contribution is 2.03. The third kappa shape index (κ3) is 0.954. The van der Waals surface area contributed by atoms with Crippen LogP contribution in [0.5, 0.6) is 0 Å². The van der Waals surface area contributed by atoms with Crippen LogP contribution in [0.2, 0.25) is 0 Å². The number of nitrogens with zero attached hydrogens (tertiary/aromatic N) is 1. The van der Waals surface area contributed by atoms with Crippen molar-refractivity contribution in [2.45, 2.75) is 13.0 Å². The Kier molecular flexibility index (Phi) is 1.44. The van der Waals surface area contributed by atoms with Crippen molar-refractivity contribution >= 4 is 6.21 Å². The zero-order valence-electron chi connectivity index (χ0n) is 4.96. The van der Waals surface area contributed by atoms with Gasteiger partial charge in [0, 0.05) is 12.8 Å². The lowest BCUT2D eigenvalue weighted by Gasteiger charge is -1.87. The van der Waals surface area contributed by atoms with Crippen molar-refractivity contribution < 1.29 is 0 Å². The van der Waals surface area contributed by atoms with E-state index in [-0.39, 0.29) is 0 Å². The molecule has 2 heteroatoms. The second-order valence-electron chi connectivity index (χ2n) is 1.96. The second kappa shape index (κ2) is 2.09. The van der Waals surface area contributed by atoms with Crippen LogP contribution in [0.15, 0.2) is 16.6 Å². The number of nitrogens with two attached hydrogens (primary N) is 1. The van der Waals surface area contributed by atoms with Gasteiger partial charge in [0.15, 0.2) is 0 Å². The smallest absolute Gasteiger partial charge is 0.0658 e. The summed E-state index contributed by atoms with van der Waals surface area (Å²) in [5.41, 5.74) is 6.49. The van der Waals surface area contributed by atoms with Crippen molar-refractivity contribution in [1.29, 1.82) is 0 Å². The zero-order chi connectivity index (χ0) is 5.98. The molecule has 1 heterocycles. The van der Waals surface area contributed by atoms with E-state index in [1.54, 1.807) is 0 Å². The molecule has 0 aromatic heterocycles. The van der Waals surface area contributed by atoms with Crippen molar-refractivity contribution in [3.63, 3.8) is 0 Å². The van der Waals surface area contributed by atoms with E-state index in [2.05, 4.69) is 11.1 Å². The first-order valence-electron chi connectivity index (χ1n) is 2.77. The Labute approximate surface area is 49.1 Å². The van der Waals surface area contributed by atoms with Crippen molar-refractivity contribution in [2.75, 3.05) is 6.54 Å². The second-order valence-corrected chi connectivity index (χ2v) is 1.96. The van der Waals surface area contributed by atoms with Crippen molar-refractivity contribution in [3.05, 3.63) is 11.6 Å². The predicted octanol–water partition coefficient (Wildman–Crippen LogP) is 0.344. The molecule has 0 fully saturated rings. The van der Waals surface area contributed by atoms with Gasteiger partial charge in [-0.15, -0.1) is 0 Å². The SMILES string of the molecule is CC1C=C(CN)C=N1. The average molecular weight is 110 g/mol. The average Bonchev–Trinajstić information content (AvgIpc) is 2.14. The molecule has 1 rings (SSSR count). The fraction of sp³-hybridized carbons (Fsp3) is 0.500. The maximum absolute atomic E-state index is 5.34. The van der Waals surface area contributed by atoms with Gasteiger partial charge in [0.1, 0.15) is 0 Å². The Bertz CT molecular complexity index is 135. The minimum Gasteiger partial charge on any atom is -0.326 e. The highest BCUT2D eigenvalue weighted by molar-refractivity contribution is 5.81. The summed E-state index contributed by atoms with van der Waals surface area (Å²) in [5.74, 6) is 0. The van der Waals surface area contributed by atoms with E-state index < -0.39 is 0 Å². The Balaban J connectivity index is 2.58. The largest absolute Gasteiger partial charge is 0.326 e. The van der Waals surface area contributed by atoms with Crippen LogP contribution in [0.4, 0.5) is 0 Å². The number of hydrogen-bond acceptors (Lipinski definition) is 2. The summed E-state index contributed by atoms with van der Waals surface area (Å²) in [5, 5.41) is 0. The molecule has 0 radical (unpaired) electrons. The van der Waals surface area contributed by atoms with Crippen LogP contribution >= 0.6 is 0 Å². The lowest BCUT2D eigenvalue weighted by atomic mass is 10.2. The van der Waals surface area contributed by atoms with Gasteiger partial charge in [-0.05, 0) is 12.5 Å². The Hall–Kier alpha value is -0.630. The first kappa shape index (κ1) is 5.51. The van der Waals surface area contributed by atoms with Crippen LogP contribution in [0.25, 0.3) is 0 Å². The van der Waals surface area contributed by atoms with Gasteiger partial charge in [-0.25, -0.2) is 0 Å². The molecule has 0 saturated heterocycles. The Morgan fingerprint density at radius 1 is 1.88 bits per heavy atom. The molecule has 0 amide bonds. The summed E-state index contributed by atoms with van der Waals surface area (Å²) in [6.45, 7) is 2.66. The standard InChI is InChI=1S/C6H10N2/c1-5-2-6(3-7)4-8-5/h2,4-5H,3,7H2,1H3. The number of aliphatic imine (C=N–C) groups is 1. The van der Waals surface area contributed by atoms with Gasteiger partial charge in [-0.3, -0.25) is 4.99 Å². The molecule has 1 aliphatic heterocycles. The quantitative estimate of drug-likeness (QED) is 0.519. The molecule has 0 aromatic carbocycles. The lowest BCUT2D eigenvalue weighted by Crippen LogP contribution is -2.01. The molecule has 2 N–H and O–H groups in total. The molecule has 0 saturated carbocycles. The Morgan fingerprint density at radius 3 is 2.88 bits per heavy atom. The van der Waals surface area contributed by atoms with Crippen LogP contribution in [-0.2, 0) is 0 Å². The van der Waals surface area contributed by atoms with Crippen molar-refractivity contribution in [2.24, 2.45) is 10.7 Å². The molecular weight excluding hydrogens is 100 g/mol. The normalized spacial score (nSPS) is 26.2. The third-order valence-corrected chi connectivity index (χ3v) is 1.17. The highest BCUT2D eigenvalue weighted by Gasteiger charge is 2.01. The molecule has 1 atom stereocenters. The predicted molar refractivity (Wildman–Crippen MR) is 35.1 cm³/mol. The number of rotatable bonds is 1. The van der Waals surface area contributed by atoms with Crippen LogP contribution in [-0.4, -0.2) is 18.8 Å². The fourth-order valence-corrected chi connectivity index (χ4v) is 0.730. The first-order valence-corrected chi connectivity index (χ1v) is 2.77. The van der Waals surface area contributed by atoms with Crippen LogP contribution in [0.3, 0.4) is 0 Å². The molecule has 0 aliphatic carbocycles. The third-order valence-electron chi connectivity index (χ3n) is 1.17. The van der Waals surface area contributed by atoms with Crippen LogP contribution in [0.1, 0.15) is 6.92 Å². The monoisotopic (exact) mass is 110 g/mol. The van der Waals surface area contributed by atoms with E-state index in [0.717, 1.165) is 5.57 Å². The van der Waals surface area contributed by atoms with E-state index in [0.29, 0.717) is 12.6 Å². The zero-order valence-corrected chi connectivity index (χ0v) is 4.96. The van der Waals surface area contributed by atoms with Gasteiger partial charge < -0.3 is 5.73 Å². The molecule has 1 unspecified atom stereocenters. The van der Waals surface area contributed by atoms with E-state index in [4.69, 9.17) is 5.73 Å². The fourth-order valence-electron chi connectivity index (χ4n) is 0.730. The molecular formula is C6H10N2. The first-order chi connectivity index (χ1) is 3.83. The van der Waals surface area contributed by atoms with Crippen LogP contribution in [0, 0.1) is 0 Å². The molecule has 2 nitrogen and oxygen atoms in total. The molecule has 8 heavy (non-hydrogen) atoms. The van der Waals surface area contributed by atoms with Crippen LogP contribution < -0.4 is 5.73 Å². The molecule has 0 spiro atoms. The van der Waals surface area contributed by atoms with E-state index in [1.807, 2.05) is 13.1 Å². The van der Waals surface area contributed by atoms with Gasteiger partial charge in [-0.1, -0.05) is 6.08 Å². The van der Waals surface area contributed by atoms with Crippen molar-refractivity contribution in [1.82, 2.24) is 0 Å². The topological polar surface area (TPSA) is 38.4 Å². The number of hydrogen-bond donors (Lipinski definition) is 1. The summed E-state index contributed by atoms with van der Waals surface area (Å²) in [6, 6.07) is 0.355. The van der Waals surface area contributed by atoms with E-state index in [9.17, 15) is 0 Å². The molecule has 0 aromatic rings. The van der Waals surface area contributed by atoms with E-state index >= 15 is 0 Å².